The summed E-state index contributed by atoms with van der Waals surface area (Å²) < 4.78 is 41.2. The van der Waals surface area contributed by atoms with Crippen LogP contribution in [-0.2, 0) is 19.3 Å². The molecule has 3 aromatic rings. The standard InChI is InChI=1S/C19H18F3N5/c1-25(2)11-17-23-18-12-26(14-7-5-6-13(10-14)19(20,21)22)15-8-3-4-9-16(15)27(18)24-17/h3-10H,11-12H2,1-2H3. The lowest BCUT2D eigenvalue weighted by atomic mass is 10.1. The van der Waals surface area contributed by atoms with Crippen LogP contribution in [-0.4, -0.2) is 33.8 Å². The molecule has 27 heavy (non-hydrogen) atoms. The molecular formula is C19H18F3N5. The van der Waals surface area contributed by atoms with Crippen molar-refractivity contribution in [2.24, 2.45) is 0 Å². The molecule has 0 saturated heterocycles. The van der Waals surface area contributed by atoms with Crippen molar-refractivity contribution in [3.8, 4) is 5.69 Å². The van der Waals surface area contributed by atoms with E-state index in [9.17, 15) is 13.2 Å². The average Bonchev–Trinajstić information content (AvgIpc) is 3.02. The number of rotatable bonds is 3. The van der Waals surface area contributed by atoms with Crippen molar-refractivity contribution in [3.05, 3.63) is 65.7 Å². The highest BCUT2D eigenvalue weighted by atomic mass is 19.4. The largest absolute Gasteiger partial charge is 0.416 e. The minimum absolute atomic E-state index is 0.346. The van der Waals surface area contributed by atoms with Gasteiger partial charge in [-0.25, -0.2) is 9.67 Å². The summed E-state index contributed by atoms with van der Waals surface area (Å²) in [5.41, 5.74) is 1.40. The van der Waals surface area contributed by atoms with E-state index < -0.39 is 11.7 Å². The molecule has 1 aliphatic heterocycles. The molecule has 0 spiro atoms. The summed E-state index contributed by atoms with van der Waals surface area (Å²) in [6, 6.07) is 12.9. The molecule has 5 nitrogen and oxygen atoms in total. The number of fused-ring (bicyclic) bond motifs is 3. The van der Waals surface area contributed by atoms with Gasteiger partial charge in [-0.05, 0) is 44.4 Å². The van der Waals surface area contributed by atoms with E-state index >= 15 is 0 Å². The van der Waals surface area contributed by atoms with Crippen molar-refractivity contribution in [2.45, 2.75) is 19.3 Å². The highest BCUT2D eigenvalue weighted by molar-refractivity contribution is 5.73. The number of hydrogen-bond acceptors (Lipinski definition) is 4. The summed E-state index contributed by atoms with van der Waals surface area (Å²) in [5.74, 6) is 1.37. The molecule has 0 amide bonds. The Hall–Kier alpha value is -2.87. The molecule has 0 N–H and O–H groups in total. The predicted molar refractivity (Wildman–Crippen MR) is 96.0 cm³/mol. The first kappa shape index (κ1) is 17.5. The maximum atomic E-state index is 13.1. The van der Waals surface area contributed by atoms with Crippen LogP contribution in [0.2, 0.25) is 0 Å². The van der Waals surface area contributed by atoms with E-state index in [0.29, 0.717) is 30.4 Å². The quantitative estimate of drug-likeness (QED) is 0.696. The fourth-order valence-corrected chi connectivity index (χ4v) is 3.22. The number of anilines is 2. The molecule has 1 aliphatic rings. The molecule has 0 atom stereocenters. The number of benzene rings is 2. The first-order valence-corrected chi connectivity index (χ1v) is 8.46. The van der Waals surface area contributed by atoms with Gasteiger partial charge in [0, 0.05) is 5.69 Å². The fourth-order valence-electron chi connectivity index (χ4n) is 3.22. The van der Waals surface area contributed by atoms with Crippen LogP contribution < -0.4 is 4.90 Å². The zero-order valence-electron chi connectivity index (χ0n) is 14.9. The third-order valence-electron chi connectivity index (χ3n) is 4.36. The first-order valence-electron chi connectivity index (χ1n) is 8.46. The van der Waals surface area contributed by atoms with Crippen molar-refractivity contribution in [3.63, 3.8) is 0 Å². The van der Waals surface area contributed by atoms with Gasteiger partial charge >= 0.3 is 6.18 Å². The molecule has 140 valence electrons. The summed E-state index contributed by atoms with van der Waals surface area (Å²) in [6.45, 7) is 0.935. The Kier molecular flexibility index (Phi) is 4.15. The van der Waals surface area contributed by atoms with E-state index in [0.717, 1.165) is 17.4 Å². The third-order valence-corrected chi connectivity index (χ3v) is 4.36. The molecule has 2 heterocycles. The molecule has 0 saturated carbocycles. The number of halogens is 3. The van der Waals surface area contributed by atoms with Crippen LogP contribution >= 0.6 is 0 Å². The maximum absolute atomic E-state index is 13.1. The zero-order valence-corrected chi connectivity index (χ0v) is 14.9. The van der Waals surface area contributed by atoms with Crippen LogP contribution in [0.5, 0.6) is 0 Å². The molecule has 0 bridgehead atoms. The topological polar surface area (TPSA) is 37.2 Å². The van der Waals surface area contributed by atoms with Crippen LogP contribution in [0.4, 0.5) is 24.5 Å². The lowest BCUT2D eigenvalue weighted by Gasteiger charge is -2.31. The van der Waals surface area contributed by atoms with E-state index in [1.54, 1.807) is 10.7 Å². The Morgan fingerprint density at radius 3 is 2.48 bits per heavy atom. The highest BCUT2D eigenvalue weighted by Crippen LogP contribution is 2.38. The second-order valence-corrected chi connectivity index (χ2v) is 6.72. The number of aromatic nitrogens is 3. The lowest BCUT2D eigenvalue weighted by Crippen LogP contribution is -2.26. The first-order chi connectivity index (χ1) is 12.8. The Balaban J connectivity index is 1.80. The molecule has 2 aromatic carbocycles. The Morgan fingerprint density at radius 2 is 1.78 bits per heavy atom. The molecule has 0 unspecified atom stereocenters. The van der Waals surface area contributed by atoms with Crippen molar-refractivity contribution in [2.75, 3.05) is 19.0 Å². The molecule has 4 rings (SSSR count). The van der Waals surface area contributed by atoms with Gasteiger partial charge in [0.1, 0.15) is 0 Å². The van der Waals surface area contributed by atoms with Gasteiger partial charge in [-0.15, -0.1) is 5.10 Å². The monoisotopic (exact) mass is 373 g/mol. The van der Waals surface area contributed by atoms with Gasteiger partial charge in [-0.1, -0.05) is 18.2 Å². The zero-order chi connectivity index (χ0) is 19.2. The second-order valence-electron chi connectivity index (χ2n) is 6.72. The minimum atomic E-state index is -4.38. The lowest BCUT2D eigenvalue weighted by molar-refractivity contribution is -0.137. The van der Waals surface area contributed by atoms with Gasteiger partial charge in [0.25, 0.3) is 0 Å². The summed E-state index contributed by atoms with van der Waals surface area (Å²) in [4.78, 5) is 8.39. The normalized spacial score (nSPS) is 13.6. The summed E-state index contributed by atoms with van der Waals surface area (Å²) in [7, 11) is 3.87. The van der Waals surface area contributed by atoms with Crippen molar-refractivity contribution < 1.29 is 13.2 Å². The van der Waals surface area contributed by atoms with Gasteiger partial charge in [-0.2, -0.15) is 13.2 Å². The summed E-state index contributed by atoms with van der Waals surface area (Å²) >= 11 is 0. The summed E-state index contributed by atoms with van der Waals surface area (Å²) in [6.07, 6.45) is -4.38. The molecule has 0 fully saturated rings. The molecular weight excluding hydrogens is 355 g/mol. The molecule has 0 radical (unpaired) electrons. The van der Waals surface area contributed by atoms with E-state index in [4.69, 9.17) is 0 Å². The Labute approximate surface area is 154 Å². The van der Waals surface area contributed by atoms with Gasteiger partial charge in [-0.3, -0.25) is 0 Å². The van der Waals surface area contributed by atoms with Crippen LogP contribution in [0.25, 0.3) is 5.69 Å². The van der Waals surface area contributed by atoms with Crippen molar-refractivity contribution >= 4 is 11.4 Å². The minimum Gasteiger partial charge on any atom is -0.332 e. The van der Waals surface area contributed by atoms with Crippen LogP contribution in [0.15, 0.2) is 48.5 Å². The van der Waals surface area contributed by atoms with Crippen molar-refractivity contribution in [1.82, 2.24) is 19.7 Å². The number of para-hydroxylation sites is 2. The molecule has 0 aliphatic carbocycles. The smallest absolute Gasteiger partial charge is 0.332 e. The molecule has 8 heteroatoms. The summed E-state index contributed by atoms with van der Waals surface area (Å²) in [5, 5.41) is 4.57. The number of nitrogens with zero attached hydrogens (tertiary/aromatic N) is 5. The van der Waals surface area contributed by atoms with Gasteiger partial charge in [0.15, 0.2) is 11.6 Å². The van der Waals surface area contributed by atoms with Gasteiger partial charge in [0.2, 0.25) is 0 Å². The highest BCUT2D eigenvalue weighted by Gasteiger charge is 2.32. The van der Waals surface area contributed by atoms with Gasteiger partial charge < -0.3 is 9.80 Å². The van der Waals surface area contributed by atoms with Crippen LogP contribution in [0, 0.1) is 0 Å². The number of hydrogen-bond donors (Lipinski definition) is 0. The van der Waals surface area contributed by atoms with E-state index in [-0.39, 0.29) is 0 Å². The van der Waals surface area contributed by atoms with Crippen LogP contribution in [0.1, 0.15) is 17.2 Å². The second kappa shape index (κ2) is 6.38. The van der Waals surface area contributed by atoms with E-state index in [1.807, 2.05) is 48.2 Å². The molecule has 1 aromatic heterocycles. The van der Waals surface area contributed by atoms with E-state index in [1.165, 1.54) is 12.1 Å². The third kappa shape index (κ3) is 3.28. The van der Waals surface area contributed by atoms with Crippen LogP contribution in [0.3, 0.4) is 0 Å². The predicted octanol–water partition coefficient (Wildman–Crippen LogP) is 4.00. The van der Waals surface area contributed by atoms with E-state index in [2.05, 4.69) is 10.1 Å². The Bertz CT molecular complexity index is 977. The number of alkyl halides is 3. The SMILES string of the molecule is CN(C)Cc1nc2n(n1)-c1ccccc1N(c1cccc(C(F)(F)F)c1)C2. The van der Waals surface area contributed by atoms with Crippen molar-refractivity contribution in [1.29, 1.82) is 0 Å². The average molecular weight is 373 g/mol. The maximum Gasteiger partial charge on any atom is 0.416 e. The Morgan fingerprint density at radius 1 is 1.04 bits per heavy atom. The fraction of sp³-hybridized carbons (Fsp3) is 0.263. The van der Waals surface area contributed by atoms with Gasteiger partial charge in [0.05, 0.1) is 30.0 Å².